The van der Waals surface area contributed by atoms with Gasteiger partial charge in [0.15, 0.2) is 0 Å². The minimum absolute atomic E-state index is 0.681. The van der Waals surface area contributed by atoms with Crippen molar-refractivity contribution in [1.82, 2.24) is 0 Å². The van der Waals surface area contributed by atoms with Gasteiger partial charge in [-0.2, -0.15) is 0 Å². The van der Waals surface area contributed by atoms with Crippen LogP contribution in [0.1, 0.15) is 20.8 Å². The minimum atomic E-state index is -0.914. The highest BCUT2D eigenvalue weighted by molar-refractivity contribution is 5.29. The first-order valence-electron chi connectivity index (χ1n) is 3.71. The Morgan fingerprint density at radius 2 is 2.09 bits per heavy atom. The summed E-state index contributed by atoms with van der Waals surface area (Å²) in [5, 5.41) is 0. The molecule has 0 radical (unpaired) electrons. The second-order valence-corrected chi connectivity index (χ2v) is 2.61. The summed E-state index contributed by atoms with van der Waals surface area (Å²) in [6.07, 6.45) is 4.43. The molecule has 0 heterocycles. The molecule has 0 bridgehead atoms. The monoisotopic (exact) mass is 154 g/mol. The van der Waals surface area contributed by atoms with E-state index in [1.54, 1.807) is 12.2 Å². The van der Waals surface area contributed by atoms with Gasteiger partial charge in [0, 0.05) is 0 Å². The van der Waals surface area contributed by atoms with Crippen LogP contribution < -0.4 is 0 Å². The molecule has 0 saturated heterocycles. The summed E-state index contributed by atoms with van der Waals surface area (Å²) < 4.78 is 12.8. The molecule has 1 atom stereocenters. The third-order valence-electron chi connectivity index (χ3n) is 1.23. The highest BCUT2D eigenvalue weighted by Gasteiger charge is 2.01. The molecule has 0 rings (SSSR count). The Labute approximate surface area is 68.1 Å². The highest BCUT2D eigenvalue weighted by Crippen LogP contribution is 2.10. The van der Waals surface area contributed by atoms with Crippen molar-refractivity contribution in [3.05, 3.63) is 36.0 Å². The summed E-state index contributed by atoms with van der Waals surface area (Å²) in [4.78, 5) is 0. The van der Waals surface area contributed by atoms with E-state index in [4.69, 9.17) is 0 Å². The van der Waals surface area contributed by atoms with Gasteiger partial charge in [0.2, 0.25) is 0 Å². The van der Waals surface area contributed by atoms with Crippen LogP contribution in [0.15, 0.2) is 36.0 Å². The maximum absolute atomic E-state index is 12.8. The summed E-state index contributed by atoms with van der Waals surface area (Å²) >= 11 is 0. The summed E-state index contributed by atoms with van der Waals surface area (Å²) in [5.41, 5.74) is 1.56. The Balaban J connectivity index is 4.46. The predicted molar refractivity (Wildman–Crippen MR) is 48.3 cm³/mol. The topological polar surface area (TPSA) is 0 Å². The van der Waals surface area contributed by atoms with Crippen LogP contribution in [0.2, 0.25) is 0 Å². The average molecular weight is 154 g/mol. The van der Waals surface area contributed by atoms with Gasteiger partial charge in [0.25, 0.3) is 0 Å². The van der Waals surface area contributed by atoms with Crippen molar-refractivity contribution in [3.8, 4) is 0 Å². The molecule has 0 spiro atoms. The van der Waals surface area contributed by atoms with E-state index in [1.165, 1.54) is 6.92 Å². The third kappa shape index (κ3) is 4.54. The second kappa shape index (κ2) is 4.89. The molecule has 62 valence electrons. The number of hydrogen-bond acceptors (Lipinski definition) is 0. The lowest BCUT2D eigenvalue weighted by Crippen LogP contribution is -1.95. The standard InChI is InChI=1S/C10H15F/c1-5-6-10(9(4)11)7-8(2)3/h5-7,9H,2H2,1,3-4H3/b6-5-,10-7+. The van der Waals surface area contributed by atoms with E-state index in [2.05, 4.69) is 6.58 Å². The van der Waals surface area contributed by atoms with Gasteiger partial charge in [0.05, 0.1) is 0 Å². The van der Waals surface area contributed by atoms with Crippen LogP contribution >= 0.6 is 0 Å². The van der Waals surface area contributed by atoms with Crippen LogP contribution in [-0.2, 0) is 0 Å². The maximum atomic E-state index is 12.8. The van der Waals surface area contributed by atoms with Gasteiger partial charge in [-0.25, -0.2) is 4.39 Å². The molecule has 1 unspecified atom stereocenters. The van der Waals surface area contributed by atoms with E-state index >= 15 is 0 Å². The van der Waals surface area contributed by atoms with Crippen LogP contribution in [0.25, 0.3) is 0 Å². The molecule has 0 nitrogen and oxygen atoms in total. The van der Waals surface area contributed by atoms with Crippen molar-refractivity contribution >= 4 is 0 Å². The highest BCUT2D eigenvalue weighted by atomic mass is 19.1. The smallest absolute Gasteiger partial charge is 0.122 e. The summed E-state index contributed by atoms with van der Waals surface area (Å²) in [6, 6.07) is 0. The van der Waals surface area contributed by atoms with Crippen molar-refractivity contribution in [2.75, 3.05) is 0 Å². The Morgan fingerprint density at radius 1 is 1.55 bits per heavy atom. The molecule has 0 aromatic heterocycles. The SMILES string of the molecule is C=C(C)/C=C(\C=C/C)C(C)F. The summed E-state index contributed by atoms with van der Waals surface area (Å²) in [5.74, 6) is 0. The first kappa shape index (κ1) is 10.2. The van der Waals surface area contributed by atoms with Crippen molar-refractivity contribution < 1.29 is 4.39 Å². The lowest BCUT2D eigenvalue weighted by Gasteiger charge is -2.02. The normalized spacial score (nSPS) is 15.5. The van der Waals surface area contributed by atoms with Gasteiger partial charge in [-0.3, -0.25) is 0 Å². The average Bonchev–Trinajstić information content (AvgIpc) is 1.86. The molecule has 0 aliphatic rings. The second-order valence-electron chi connectivity index (χ2n) is 2.61. The first-order chi connectivity index (χ1) is 5.07. The molecule has 0 N–H and O–H groups in total. The number of hydrogen-bond donors (Lipinski definition) is 0. The largest absolute Gasteiger partial charge is 0.243 e. The van der Waals surface area contributed by atoms with E-state index < -0.39 is 6.17 Å². The lowest BCUT2D eigenvalue weighted by atomic mass is 10.1. The molecular formula is C10H15F. The van der Waals surface area contributed by atoms with Crippen LogP contribution in [0.3, 0.4) is 0 Å². The molecule has 0 saturated carbocycles. The molecule has 0 amide bonds. The van der Waals surface area contributed by atoms with Crippen LogP contribution in [0, 0.1) is 0 Å². The van der Waals surface area contributed by atoms with Crippen LogP contribution in [-0.4, -0.2) is 6.17 Å². The molecule has 0 aliphatic carbocycles. The Kier molecular flexibility index (Phi) is 4.51. The lowest BCUT2D eigenvalue weighted by molar-refractivity contribution is 0.417. The zero-order chi connectivity index (χ0) is 8.85. The number of alkyl halides is 1. The minimum Gasteiger partial charge on any atom is -0.243 e. The van der Waals surface area contributed by atoms with Gasteiger partial charge in [0.1, 0.15) is 6.17 Å². The van der Waals surface area contributed by atoms with Gasteiger partial charge < -0.3 is 0 Å². The zero-order valence-electron chi connectivity index (χ0n) is 7.39. The van der Waals surface area contributed by atoms with Gasteiger partial charge in [-0.05, 0) is 26.3 Å². The molecule has 0 aromatic rings. The predicted octanol–water partition coefficient (Wildman–Crippen LogP) is 3.42. The van der Waals surface area contributed by atoms with E-state index in [-0.39, 0.29) is 0 Å². The van der Waals surface area contributed by atoms with Crippen molar-refractivity contribution in [3.63, 3.8) is 0 Å². The van der Waals surface area contributed by atoms with Gasteiger partial charge in [-0.1, -0.05) is 30.4 Å². The molecule has 0 aliphatic heterocycles. The van der Waals surface area contributed by atoms with Crippen molar-refractivity contribution in [2.24, 2.45) is 0 Å². The summed E-state index contributed by atoms with van der Waals surface area (Å²) in [7, 11) is 0. The van der Waals surface area contributed by atoms with Gasteiger partial charge >= 0.3 is 0 Å². The Bertz CT molecular complexity index is 185. The van der Waals surface area contributed by atoms with E-state index in [0.29, 0.717) is 5.57 Å². The third-order valence-corrected chi connectivity index (χ3v) is 1.23. The quantitative estimate of drug-likeness (QED) is 0.546. The number of halogens is 1. The van der Waals surface area contributed by atoms with Crippen LogP contribution in [0.5, 0.6) is 0 Å². The van der Waals surface area contributed by atoms with Crippen LogP contribution in [0.4, 0.5) is 4.39 Å². The van der Waals surface area contributed by atoms with Crippen molar-refractivity contribution in [1.29, 1.82) is 0 Å². The zero-order valence-corrected chi connectivity index (χ0v) is 7.39. The summed E-state index contributed by atoms with van der Waals surface area (Å²) in [6.45, 7) is 8.93. The molecule has 1 heteroatoms. The molecular weight excluding hydrogens is 139 g/mol. The van der Waals surface area contributed by atoms with E-state index in [1.807, 2.05) is 19.9 Å². The number of rotatable bonds is 3. The van der Waals surface area contributed by atoms with E-state index in [9.17, 15) is 4.39 Å². The molecule has 11 heavy (non-hydrogen) atoms. The fourth-order valence-corrected chi connectivity index (χ4v) is 0.773. The maximum Gasteiger partial charge on any atom is 0.122 e. The fraction of sp³-hybridized carbons (Fsp3) is 0.400. The first-order valence-corrected chi connectivity index (χ1v) is 3.71. The molecule has 0 aromatic carbocycles. The molecule has 0 fully saturated rings. The van der Waals surface area contributed by atoms with Crippen molar-refractivity contribution in [2.45, 2.75) is 26.9 Å². The fourth-order valence-electron chi connectivity index (χ4n) is 0.773. The Morgan fingerprint density at radius 3 is 2.36 bits per heavy atom. The van der Waals surface area contributed by atoms with Gasteiger partial charge in [-0.15, -0.1) is 0 Å². The Hall–Kier alpha value is -0.850. The van der Waals surface area contributed by atoms with E-state index in [0.717, 1.165) is 5.57 Å². The number of allylic oxidation sites excluding steroid dienone is 5.